The topological polar surface area (TPSA) is 57.7 Å². The van der Waals surface area contributed by atoms with Gasteiger partial charge in [-0.1, -0.05) is 11.6 Å². The minimum atomic E-state index is -3.56. The number of hydrogen-bond acceptors (Lipinski definition) is 3. The number of hydrogen-bond donors (Lipinski definition) is 0. The van der Waals surface area contributed by atoms with Gasteiger partial charge in [0.1, 0.15) is 0 Å². The predicted octanol–water partition coefficient (Wildman–Crippen LogP) is 4.00. The SMILES string of the molecule is O=C(c1cc(F)c(F)cc1Cl)N1CCCc2cc(S(=O)(=O)N3CCCC3)ccc21. The maximum Gasteiger partial charge on any atom is 0.259 e. The minimum Gasteiger partial charge on any atom is -0.308 e. The van der Waals surface area contributed by atoms with E-state index in [-0.39, 0.29) is 15.5 Å². The fraction of sp³-hybridized carbons (Fsp3) is 0.350. The maximum atomic E-state index is 13.6. The second-order valence-corrected chi connectivity index (χ2v) is 9.55. The van der Waals surface area contributed by atoms with E-state index in [9.17, 15) is 22.0 Å². The number of nitrogens with zero attached hydrogens (tertiary/aromatic N) is 2. The predicted molar refractivity (Wildman–Crippen MR) is 106 cm³/mol. The van der Waals surface area contributed by atoms with Crippen LogP contribution in [-0.2, 0) is 16.4 Å². The molecular formula is C20H19ClF2N2O3S. The summed E-state index contributed by atoms with van der Waals surface area (Å²) in [6.45, 7) is 1.40. The van der Waals surface area contributed by atoms with Crippen LogP contribution in [0.15, 0.2) is 35.2 Å². The average Bonchev–Trinajstić information content (AvgIpc) is 3.25. The molecule has 2 aromatic carbocycles. The number of anilines is 1. The largest absolute Gasteiger partial charge is 0.308 e. The summed E-state index contributed by atoms with van der Waals surface area (Å²) in [6, 6.07) is 6.27. The number of amides is 1. The third kappa shape index (κ3) is 3.65. The molecule has 9 heteroatoms. The lowest BCUT2D eigenvalue weighted by atomic mass is 10.0. The van der Waals surface area contributed by atoms with Crippen molar-refractivity contribution in [3.8, 4) is 0 Å². The van der Waals surface area contributed by atoms with Crippen molar-refractivity contribution in [3.05, 3.63) is 58.1 Å². The van der Waals surface area contributed by atoms with Crippen molar-refractivity contribution in [1.82, 2.24) is 4.31 Å². The Hall–Kier alpha value is -2.03. The van der Waals surface area contributed by atoms with Gasteiger partial charge in [-0.05, 0) is 61.6 Å². The Kier molecular flexibility index (Phi) is 5.35. The Bertz CT molecular complexity index is 1090. The van der Waals surface area contributed by atoms with E-state index in [1.165, 1.54) is 15.3 Å². The Labute approximate surface area is 172 Å². The standard InChI is InChI=1S/C20H19ClF2N2O3S/c21-16-12-18(23)17(22)11-15(16)20(26)25-9-3-4-13-10-14(5-6-19(13)25)29(27,28)24-7-1-2-8-24/h5-6,10-12H,1-4,7-9H2. The molecule has 5 nitrogen and oxygen atoms in total. The maximum absolute atomic E-state index is 13.6. The van der Waals surface area contributed by atoms with Crippen LogP contribution in [0, 0.1) is 11.6 Å². The van der Waals surface area contributed by atoms with E-state index in [4.69, 9.17) is 11.6 Å². The highest BCUT2D eigenvalue weighted by molar-refractivity contribution is 7.89. The molecule has 154 valence electrons. The number of carbonyl (C=O) groups excluding carboxylic acids is 1. The quantitative estimate of drug-likeness (QED) is 0.678. The van der Waals surface area contributed by atoms with Crippen molar-refractivity contribution in [1.29, 1.82) is 0 Å². The molecule has 0 saturated carbocycles. The van der Waals surface area contributed by atoms with Gasteiger partial charge < -0.3 is 4.90 Å². The van der Waals surface area contributed by atoms with E-state index in [1.54, 1.807) is 12.1 Å². The van der Waals surface area contributed by atoms with Crippen LogP contribution < -0.4 is 4.90 Å². The summed E-state index contributed by atoms with van der Waals surface area (Å²) in [6.07, 6.45) is 2.93. The van der Waals surface area contributed by atoms with Gasteiger partial charge in [0, 0.05) is 25.3 Å². The number of benzene rings is 2. The van der Waals surface area contributed by atoms with Crippen molar-refractivity contribution >= 4 is 33.2 Å². The van der Waals surface area contributed by atoms with Gasteiger partial charge in [-0.3, -0.25) is 4.79 Å². The zero-order valence-corrected chi connectivity index (χ0v) is 17.1. The first-order valence-corrected chi connectivity index (χ1v) is 11.2. The van der Waals surface area contributed by atoms with E-state index < -0.39 is 27.6 Å². The molecule has 0 bridgehead atoms. The summed E-state index contributed by atoms with van der Waals surface area (Å²) >= 11 is 5.96. The molecule has 29 heavy (non-hydrogen) atoms. The number of sulfonamides is 1. The Morgan fingerprint density at radius 2 is 1.66 bits per heavy atom. The summed E-state index contributed by atoms with van der Waals surface area (Å²) in [5.74, 6) is -2.82. The van der Waals surface area contributed by atoms with Crippen LogP contribution in [0.25, 0.3) is 0 Å². The van der Waals surface area contributed by atoms with Crippen LogP contribution in [0.1, 0.15) is 35.2 Å². The molecule has 0 aromatic heterocycles. The number of rotatable bonds is 3. The molecule has 0 unspecified atom stereocenters. The molecule has 0 aliphatic carbocycles. The van der Waals surface area contributed by atoms with E-state index in [0.29, 0.717) is 38.2 Å². The average molecular weight is 441 g/mol. The van der Waals surface area contributed by atoms with Crippen molar-refractivity contribution in [2.75, 3.05) is 24.5 Å². The van der Waals surface area contributed by atoms with Crippen LogP contribution in [0.3, 0.4) is 0 Å². The highest BCUT2D eigenvalue weighted by Gasteiger charge is 2.30. The van der Waals surface area contributed by atoms with E-state index >= 15 is 0 Å². The number of aryl methyl sites for hydroxylation is 1. The van der Waals surface area contributed by atoms with Gasteiger partial charge in [0.25, 0.3) is 5.91 Å². The Morgan fingerprint density at radius 3 is 2.38 bits per heavy atom. The second kappa shape index (κ2) is 7.66. The first-order valence-electron chi connectivity index (χ1n) is 9.38. The monoisotopic (exact) mass is 440 g/mol. The molecule has 2 aliphatic heterocycles. The fourth-order valence-corrected chi connectivity index (χ4v) is 5.65. The lowest BCUT2D eigenvalue weighted by molar-refractivity contribution is 0.0984. The Morgan fingerprint density at radius 1 is 0.966 bits per heavy atom. The van der Waals surface area contributed by atoms with Gasteiger partial charge in [0.15, 0.2) is 11.6 Å². The van der Waals surface area contributed by atoms with Crippen molar-refractivity contribution in [3.63, 3.8) is 0 Å². The van der Waals surface area contributed by atoms with Gasteiger partial charge in [-0.25, -0.2) is 17.2 Å². The molecular weight excluding hydrogens is 422 g/mol. The smallest absolute Gasteiger partial charge is 0.259 e. The zero-order chi connectivity index (χ0) is 20.8. The van der Waals surface area contributed by atoms with Crippen LogP contribution in [-0.4, -0.2) is 38.3 Å². The summed E-state index contributed by atoms with van der Waals surface area (Å²) in [5, 5.41) is -0.172. The van der Waals surface area contributed by atoms with Crippen LogP contribution in [0.2, 0.25) is 5.02 Å². The van der Waals surface area contributed by atoms with Crippen LogP contribution in [0.4, 0.5) is 14.5 Å². The normalized spacial score (nSPS) is 17.4. The molecule has 0 N–H and O–H groups in total. The summed E-state index contributed by atoms with van der Waals surface area (Å²) < 4.78 is 54.1. The Balaban J connectivity index is 1.69. The zero-order valence-electron chi connectivity index (χ0n) is 15.5. The van der Waals surface area contributed by atoms with Gasteiger partial charge >= 0.3 is 0 Å². The highest BCUT2D eigenvalue weighted by Crippen LogP contribution is 2.33. The lowest BCUT2D eigenvalue weighted by Gasteiger charge is -2.30. The lowest BCUT2D eigenvalue weighted by Crippen LogP contribution is -2.36. The number of carbonyl (C=O) groups is 1. The van der Waals surface area contributed by atoms with Gasteiger partial charge in [0.2, 0.25) is 10.0 Å². The molecule has 0 spiro atoms. The van der Waals surface area contributed by atoms with Gasteiger partial charge in [-0.2, -0.15) is 4.31 Å². The molecule has 0 radical (unpaired) electrons. The molecule has 2 aliphatic rings. The van der Waals surface area contributed by atoms with Crippen molar-refractivity contribution in [2.24, 2.45) is 0 Å². The first kappa shape index (κ1) is 20.3. The van der Waals surface area contributed by atoms with E-state index in [2.05, 4.69) is 0 Å². The molecule has 1 amide bonds. The van der Waals surface area contributed by atoms with Gasteiger partial charge in [-0.15, -0.1) is 0 Å². The third-order valence-electron chi connectivity index (χ3n) is 5.36. The molecule has 2 heterocycles. The van der Waals surface area contributed by atoms with Crippen molar-refractivity contribution in [2.45, 2.75) is 30.6 Å². The van der Waals surface area contributed by atoms with E-state index in [0.717, 1.165) is 30.5 Å². The molecule has 0 atom stereocenters. The van der Waals surface area contributed by atoms with Gasteiger partial charge in [0.05, 0.1) is 15.5 Å². The number of halogens is 3. The fourth-order valence-electron chi connectivity index (χ4n) is 3.85. The second-order valence-electron chi connectivity index (χ2n) is 7.21. The molecule has 4 rings (SSSR count). The van der Waals surface area contributed by atoms with Crippen LogP contribution >= 0.6 is 11.6 Å². The summed E-state index contributed by atoms with van der Waals surface area (Å²) in [7, 11) is -3.56. The summed E-state index contributed by atoms with van der Waals surface area (Å²) in [5.41, 5.74) is 1.15. The first-order chi connectivity index (χ1) is 13.8. The van der Waals surface area contributed by atoms with Crippen molar-refractivity contribution < 1.29 is 22.0 Å². The molecule has 1 fully saturated rings. The van der Waals surface area contributed by atoms with Crippen LogP contribution in [0.5, 0.6) is 0 Å². The number of fused-ring (bicyclic) bond motifs is 1. The van der Waals surface area contributed by atoms with E-state index in [1.807, 2.05) is 0 Å². The third-order valence-corrected chi connectivity index (χ3v) is 7.57. The molecule has 1 saturated heterocycles. The minimum absolute atomic E-state index is 0.132. The summed E-state index contributed by atoms with van der Waals surface area (Å²) in [4.78, 5) is 14.6. The molecule has 2 aromatic rings. The highest BCUT2D eigenvalue weighted by atomic mass is 35.5.